The first-order valence-electron chi connectivity index (χ1n) is 5.95. The lowest BCUT2D eigenvalue weighted by Crippen LogP contribution is -2.46. The van der Waals surface area contributed by atoms with Gasteiger partial charge in [0.15, 0.2) is 0 Å². The van der Waals surface area contributed by atoms with Crippen LogP contribution in [0, 0.1) is 0 Å². The van der Waals surface area contributed by atoms with Crippen molar-refractivity contribution in [2.45, 2.75) is 37.5 Å². The maximum atomic E-state index is 11.6. The van der Waals surface area contributed by atoms with Crippen LogP contribution in [0.25, 0.3) is 0 Å². The van der Waals surface area contributed by atoms with Crippen LogP contribution in [0.15, 0.2) is 12.3 Å². The van der Waals surface area contributed by atoms with Gasteiger partial charge in [-0.05, 0) is 19.8 Å². The van der Waals surface area contributed by atoms with Gasteiger partial charge in [-0.2, -0.15) is 0 Å². The molecule has 0 bridgehead atoms. The second-order valence-corrected chi connectivity index (χ2v) is 4.00. The highest BCUT2D eigenvalue weighted by Gasteiger charge is 2.38. The van der Waals surface area contributed by atoms with E-state index in [2.05, 4.69) is 0 Å². The Hall–Kier alpha value is -1.31. The fourth-order valence-electron chi connectivity index (χ4n) is 1.74. The van der Waals surface area contributed by atoms with E-state index in [1.54, 1.807) is 13.0 Å². The van der Waals surface area contributed by atoms with Crippen LogP contribution in [0.2, 0.25) is 0 Å². The maximum Gasteiger partial charge on any atom is 0.329 e. The predicted octanol–water partition coefficient (Wildman–Crippen LogP) is -1.22. The highest BCUT2D eigenvalue weighted by atomic mass is 16.5. The number of hydrogen-bond donors (Lipinski definition) is 3. The highest BCUT2D eigenvalue weighted by molar-refractivity contribution is 6.39. The molecule has 3 amide bonds. The number of imide groups is 1. The van der Waals surface area contributed by atoms with E-state index in [0.29, 0.717) is 12.8 Å². The van der Waals surface area contributed by atoms with Crippen LogP contribution >= 0.6 is 0 Å². The van der Waals surface area contributed by atoms with E-state index in [-0.39, 0.29) is 6.41 Å². The third kappa shape index (κ3) is 5.36. The monoisotopic (exact) mass is 280 g/mol. The summed E-state index contributed by atoms with van der Waals surface area (Å²) in [7, 11) is 11.7. The number of nitrogens with zero attached hydrogens (tertiary/aromatic N) is 1. The number of aliphatic hydroxyl groups excluding tert-OH is 1. The average Bonchev–Trinajstić information content (AvgIpc) is 2.87. The molecule has 1 saturated heterocycles. The third-order valence-corrected chi connectivity index (χ3v) is 2.55. The number of rotatable bonds is 4. The Morgan fingerprint density at radius 1 is 1.45 bits per heavy atom. The van der Waals surface area contributed by atoms with Crippen molar-refractivity contribution in [3.05, 3.63) is 12.3 Å². The van der Waals surface area contributed by atoms with E-state index in [1.807, 2.05) is 5.32 Å². The summed E-state index contributed by atoms with van der Waals surface area (Å²) < 4.78 is 5.41. The number of urea groups is 1. The lowest BCUT2D eigenvalue weighted by molar-refractivity contribution is -0.109. The molecule has 1 aliphatic heterocycles. The number of ether oxygens (including phenoxy) is 1. The molecule has 1 aliphatic rings. The summed E-state index contributed by atoms with van der Waals surface area (Å²) in [6.45, 7) is 1.72. The van der Waals surface area contributed by atoms with Crippen molar-refractivity contribution < 1.29 is 24.5 Å². The summed E-state index contributed by atoms with van der Waals surface area (Å²) in [5, 5.41) is 16.5. The number of allylic oxidation sites excluding steroid dienone is 1. The number of carbonyl (C=O) groups excluding carboxylic acids is 2. The summed E-state index contributed by atoms with van der Waals surface area (Å²) in [5.41, 5.74) is 0. The van der Waals surface area contributed by atoms with E-state index in [9.17, 15) is 14.7 Å². The van der Waals surface area contributed by atoms with Crippen molar-refractivity contribution >= 4 is 28.1 Å². The van der Waals surface area contributed by atoms with E-state index in [0.717, 1.165) is 7.11 Å². The van der Waals surface area contributed by atoms with Gasteiger partial charge in [0.05, 0.1) is 6.10 Å². The molecule has 20 heavy (non-hydrogen) atoms. The van der Waals surface area contributed by atoms with Crippen molar-refractivity contribution in [3.63, 3.8) is 0 Å². The van der Waals surface area contributed by atoms with Crippen LogP contribution in [0.1, 0.15) is 19.8 Å². The van der Waals surface area contributed by atoms with Gasteiger partial charge in [-0.3, -0.25) is 15.0 Å². The molecule has 1 rings (SSSR count). The lowest BCUT2D eigenvalue weighted by atomic mass is 9.61. The second kappa shape index (κ2) is 8.78. The molecule has 0 aromatic carbocycles. The molecular weight excluding hydrogens is 262 g/mol. The molecule has 2 atom stereocenters. The first kappa shape index (κ1) is 18.7. The Morgan fingerprint density at radius 2 is 2.05 bits per heavy atom. The lowest BCUT2D eigenvalue weighted by Gasteiger charge is -2.29. The van der Waals surface area contributed by atoms with Crippen molar-refractivity contribution in [2.75, 3.05) is 7.11 Å². The van der Waals surface area contributed by atoms with Crippen LogP contribution in [-0.2, 0) is 9.53 Å². The molecule has 0 aliphatic carbocycles. The number of carbonyl (C=O) groups is 2. The quantitative estimate of drug-likeness (QED) is 0.443. The van der Waals surface area contributed by atoms with Gasteiger partial charge in [-0.15, -0.1) is 0 Å². The minimum atomic E-state index is -1.95. The largest absolute Gasteiger partial charge is 0.407 e. The molecule has 0 spiro atoms. The number of nitrogens with one attached hydrogen (secondary N) is 1. The molecule has 1 heterocycles. The molecule has 9 heteroatoms. The zero-order valence-corrected chi connectivity index (χ0v) is 11.5. The first-order chi connectivity index (χ1) is 9.40. The van der Waals surface area contributed by atoms with E-state index in [1.165, 1.54) is 11.1 Å². The van der Waals surface area contributed by atoms with Crippen LogP contribution in [-0.4, -0.2) is 68.1 Å². The smallest absolute Gasteiger partial charge is 0.329 e. The first-order valence-corrected chi connectivity index (χ1v) is 5.95. The van der Waals surface area contributed by atoms with Gasteiger partial charge in [-0.1, -0.05) is 6.08 Å². The molecule has 2 unspecified atom stereocenters. The van der Waals surface area contributed by atoms with Crippen molar-refractivity contribution in [1.82, 2.24) is 10.2 Å². The van der Waals surface area contributed by atoms with Gasteiger partial charge < -0.3 is 14.9 Å². The fourth-order valence-corrected chi connectivity index (χ4v) is 1.74. The minimum Gasteiger partial charge on any atom is -0.407 e. The molecule has 108 valence electrons. The molecule has 3 N–H and O–H groups in total. The fraction of sp³-hybridized carbons (Fsp3) is 0.636. The molecule has 0 aromatic rings. The standard InChI is InChI=1S/C10H14B2N2O4.CH4O/c1-2-5-14(9(16)13-6-15)8-4-3-7(18-8)10(11,12)17;1-2/h2,5-8,17H,3-4H2,1H3,(H,13,15,16);2H,1H3/b5-2-;. The Labute approximate surface area is 120 Å². The molecule has 0 aromatic heterocycles. The van der Waals surface area contributed by atoms with Crippen molar-refractivity contribution in [1.29, 1.82) is 0 Å². The Bertz CT molecular complexity index is 346. The molecule has 1 fully saturated rings. The van der Waals surface area contributed by atoms with Crippen LogP contribution in [0.5, 0.6) is 0 Å². The third-order valence-electron chi connectivity index (χ3n) is 2.55. The Balaban J connectivity index is 0.00000172. The van der Waals surface area contributed by atoms with Gasteiger partial charge in [-0.25, -0.2) is 4.79 Å². The van der Waals surface area contributed by atoms with Gasteiger partial charge >= 0.3 is 6.03 Å². The van der Waals surface area contributed by atoms with Gasteiger partial charge in [0, 0.05) is 18.7 Å². The highest BCUT2D eigenvalue weighted by Crippen LogP contribution is 2.27. The van der Waals surface area contributed by atoms with Crippen molar-refractivity contribution in [3.8, 4) is 0 Å². The van der Waals surface area contributed by atoms with Gasteiger partial charge in [0.2, 0.25) is 6.41 Å². The Kier molecular flexibility index (Phi) is 8.21. The second-order valence-electron chi connectivity index (χ2n) is 4.00. The number of hydrogen-bond acceptors (Lipinski definition) is 5. The summed E-state index contributed by atoms with van der Waals surface area (Å²) in [6, 6.07) is -0.619. The summed E-state index contributed by atoms with van der Waals surface area (Å²) >= 11 is 0. The predicted molar refractivity (Wildman–Crippen MR) is 73.7 cm³/mol. The maximum absolute atomic E-state index is 11.6. The van der Waals surface area contributed by atoms with Crippen molar-refractivity contribution in [2.24, 2.45) is 0 Å². The summed E-state index contributed by atoms with van der Waals surface area (Å²) in [4.78, 5) is 23.1. The summed E-state index contributed by atoms with van der Waals surface area (Å²) in [5.74, 6) is 0. The van der Waals surface area contributed by atoms with E-state index < -0.39 is 23.8 Å². The molecule has 0 saturated carbocycles. The zero-order valence-electron chi connectivity index (χ0n) is 11.5. The number of aliphatic hydroxyl groups is 2. The molecule has 7 nitrogen and oxygen atoms in total. The van der Waals surface area contributed by atoms with E-state index >= 15 is 0 Å². The summed E-state index contributed by atoms with van der Waals surface area (Å²) in [6.07, 6.45) is 2.86. The molecular formula is C11H18B2N2O5. The average molecular weight is 280 g/mol. The SMILES string of the molecule is CO.[B]C([B])(O)C1CCC(N(/C=C\C)C(=O)NC=O)O1. The Morgan fingerprint density at radius 3 is 2.45 bits per heavy atom. The van der Waals surface area contributed by atoms with E-state index in [4.69, 9.17) is 25.5 Å². The molecule has 4 radical (unpaired) electrons. The van der Waals surface area contributed by atoms with Gasteiger partial charge in [0.1, 0.15) is 21.9 Å². The van der Waals surface area contributed by atoms with Crippen LogP contribution in [0.3, 0.4) is 0 Å². The normalized spacial score (nSPS) is 22.0. The number of amides is 3. The van der Waals surface area contributed by atoms with Gasteiger partial charge in [0.25, 0.3) is 0 Å². The topological polar surface area (TPSA) is 99.1 Å². The zero-order chi connectivity index (χ0) is 15.8. The van der Waals surface area contributed by atoms with Crippen LogP contribution < -0.4 is 5.32 Å². The van der Waals surface area contributed by atoms with Crippen LogP contribution in [0.4, 0.5) is 4.79 Å². The minimum absolute atomic E-state index is 0.285.